The first-order valence-corrected chi connectivity index (χ1v) is 24.8. The molecule has 0 saturated carbocycles. The van der Waals surface area contributed by atoms with E-state index in [0.717, 1.165) is 0 Å². The molecule has 0 spiro atoms. The fraction of sp³-hybridized carbons (Fsp3) is 0.571. The summed E-state index contributed by atoms with van der Waals surface area (Å²) in [4.78, 5) is 0. The lowest BCUT2D eigenvalue weighted by Crippen LogP contribution is -2.16. The van der Waals surface area contributed by atoms with E-state index in [0.29, 0.717) is 109 Å². The third-order valence-corrected chi connectivity index (χ3v) is 13.1. The van der Waals surface area contributed by atoms with Crippen LogP contribution in [0, 0.1) is 23.7 Å². The topological polar surface area (TPSA) is 190 Å². The van der Waals surface area contributed by atoms with Gasteiger partial charge in [-0.05, 0) is 92.9 Å². The minimum Gasteiger partial charge on any atom is -0.508 e. The van der Waals surface area contributed by atoms with Gasteiger partial charge in [0.25, 0.3) is 0 Å². The smallest absolute Gasteiger partial charge is 0.128 e. The molecule has 370 valence electrons. The van der Waals surface area contributed by atoms with Gasteiger partial charge in [-0.25, -0.2) is 0 Å². The Morgan fingerprint density at radius 1 is 0.343 bits per heavy atom. The second-order valence-corrected chi connectivity index (χ2v) is 20.5. The normalized spacial score (nSPS) is 17.4. The van der Waals surface area contributed by atoms with Gasteiger partial charge in [-0.15, -0.1) is 0 Å². The first-order valence-electron chi connectivity index (χ1n) is 24.8. The molecule has 0 heterocycles. The van der Waals surface area contributed by atoms with E-state index >= 15 is 0 Å². The van der Waals surface area contributed by atoms with E-state index in [2.05, 4.69) is 27.7 Å². The molecule has 11 nitrogen and oxygen atoms in total. The fourth-order valence-corrected chi connectivity index (χ4v) is 10.00. The van der Waals surface area contributed by atoms with Gasteiger partial charge >= 0.3 is 0 Å². The number of benzene rings is 4. The Kier molecular flexibility index (Phi) is 18.6. The Bertz CT molecular complexity index is 2150. The van der Waals surface area contributed by atoms with Crippen LogP contribution in [0.15, 0.2) is 30.3 Å². The van der Waals surface area contributed by atoms with Crippen LogP contribution in [0.25, 0.3) is 0 Å². The molecule has 0 saturated heterocycles. The minimum atomic E-state index is -0.720. The highest BCUT2D eigenvalue weighted by molar-refractivity contribution is 5.66. The molecule has 0 fully saturated rings. The number of hydrogen-bond acceptors (Lipinski definition) is 11. The first kappa shape index (κ1) is 53.1. The molecular formula is C56H80O11. The van der Waals surface area contributed by atoms with Crippen molar-refractivity contribution in [3.05, 3.63) is 91.5 Å². The van der Waals surface area contributed by atoms with Crippen LogP contribution in [0.2, 0.25) is 0 Å². The quantitative estimate of drug-likeness (QED) is 0.0394. The van der Waals surface area contributed by atoms with E-state index in [1.807, 2.05) is 48.5 Å². The maximum atomic E-state index is 12.6. The Labute approximate surface area is 399 Å². The van der Waals surface area contributed by atoms with Crippen molar-refractivity contribution in [3.63, 3.8) is 0 Å². The van der Waals surface area contributed by atoms with Gasteiger partial charge < -0.3 is 55.1 Å². The molecule has 8 N–H and O–H groups in total. The summed E-state index contributed by atoms with van der Waals surface area (Å²) in [5, 5.41) is 99.1. The van der Waals surface area contributed by atoms with Crippen molar-refractivity contribution in [3.8, 4) is 46.0 Å². The maximum absolute atomic E-state index is 12.6. The highest BCUT2D eigenvalue weighted by Gasteiger charge is 2.37. The molecule has 1 aliphatic carbocycles. The SMILES string of the molecule is CCCOCc1c(O)c2cc(c1O)[C@H](CC(C)C)c1cc(c(O)c(COCCC)c1O)[C@H](CC(C)C)c1cc(c(O)cc1O)[C@H](CC(C)C)c1cc(c(O)c(COCCC)c1O)[C@@H]2CC(C)C. The molecule has 1 aliphatic rings. The summed E-state index contributed by atoms with van der Waals surface area (Å²) in [6.07, 6.45) is 3.81. The highest BCUT2D eigenvalue weighted by atomic mass is 16.5. The summed E-state index contributed by atoms with van der Waals surface area (Å²) < 4.78 is 18.2. The van der Waals surface area contributed by atoms with E-state index in [9.17, 15) is 40.9 Å². The van der Waals surface area contributed by atoms with Crippen LogP contribution >= 0.6 is 0 Å². The maximum Gasteiger partial charge on any atom is 0.128 e. The van der Waals surface area contributed by atoms with Crippen molar-refractivity contribution in [2.45, 2.75) is 165 Å². The van der Waals surface area contributed by atoms with Crippen LogP contribution < -0.4 is 0 Å². The van der Waals surface area contributed by atoms with Crippen molar-refractivity contribution in [1.82, 2.24) is 0 Å². The van der Waals surface area contributed by atoms with Crippen molar-refractivity contribution in [1.29, 1.82) is 0 Å². The summed E-state index contributed by atoms with van der Waals surface area (Å²) in [5.74, 6) is -4.21. The lowest BCUT2D eigenvalue weighted by molar-refractivity contribution is 0.117. The Morgan fingerprint density at radius 2 is 0.552 bits per heavy atom. The number of rotatable bonds is 20. The van der Waals surface area contributed by atoms with Gasteiger partial charge in [0.05, 0.1) is 36.5 Å². The van der Waals surface area contributed by atoms with Gasteiger partial charge in [0.15, 0.2) is 0 Å². The van der Waals surface area contributed by atoms with Gasteiger partial charge in [-0.2, -0.15) is 0 Å². The molecule has 4 aromatic rings. The Morgan fingerprint density at radius 3 is 0.761 bits per heavy atom. The molecule has 0 unspecified atom stereocenters. The zero-order valence-electron chi connectivity index (χ0n) is 42.0. The van der Waals surface area contributed by atoms with Gasteiger partial charge in [0.1, 0.15) is 46.0 Å². The van der Waals surface area contributed by atoms with Crippen LogP contribution in [0.5, 0.6) is 46.0 Å². The number of hydrogen-bond donors (Lipinski definition) is 8. The number of fused-ring (bicyclic) bond motifs is 8. The van der Waals surface area contributed by atoms with Crippen LogP contribution in [0.1, 0.15) is 206 Å². The summed E-state index contributed by atoms with van der Waals surface area (Å²) in [6.45, 7) is 23.1. The molecule has 0 amide bonds. The Balaban J connectivity index is 2.12. The average Bonchev–Trinajstić information content (AvgIpc) is 3.24. The number of phenolic OH excluding ortho intramolecular Hbond substituents is 8. The Hall–Kier alpha value is -4.84. The van der Waals surface area contributed by atoms with Crippen molar-refractivity contribution in [2.24, 2.45) is 23.7 Å². The molecule has 5 rings (SSSR count). The number of ether oxygens (including phenoxy) is 3. The standard InChI is InChI=1S/C56H80O11/c1-12-15-65-27-46-51(59)40-23-42(53(46)61)36(20-32(8)9)44-25-45(56(64)48(55(44)63)29-67-17-14-3)37(21-33(10)11)43-24-41(52(60)47(54(43)62)28-66-16-13-2)35(19-31(6)7)39-22-38(34(40)18-30(4)5)49(57)26-50(39)58/h22-26,30-37,57-64H,12-21,27-29H2,1-11H3/t34-,35+,36-,37+. The summed E-state index contributed by atoms with van der Waals surface area (Å²) >= 11 is 0. The number of aromatic hydroxyl groups is 8. The first-order chi connectivity index (χ1) is 31.8. The van der Waals surface area contributed by atoms with E-state index in [4.69, 9.17) is 14.2 Å². The molecule has 0 aliphatic heterocycles. The minimum absolute atomic E-state index is 0.0115. The van der Waals surface area contributed by atoms with Gasteiger partial charge in [0.2, 0.25) is 0 Å². The molecule has 0 aromatic heterocycles. The molecule has 0 radical (unpaired) electrons. The van der Waals surface area contributed by atoms with Crippen molar-refractivity contribution in [2.75, 3.05) is 19.8 Å². The molecule has 11 heteroatoms. The molecule has 8 bridgehead atoms. The zero-order chi connectivity index (χ0) is 49.4. The molecule has 4 aromatic carbocycles. The van der Waals surface area contributed by atoms with E-state index in [1.54, 1.807) is 24.3 Å². The van der Waals surface area contributed by atoms with E-state index < -0.39 is 23.7 Å². The van der Waals surface area contributed by atoms with E-state index in [-0.39, 0.29) is 106 Å². The lowest BCUT2D eigenvalue weighted by atomic mass is 9.73. The third-order valence-electron chi connectivity index (χ3n) is 13.1. The molecule has 67 heavy (non-hydrogen) atoms. The molecular weight excluding hydrogens is 849 g/mol. The summed E-state index contributed by atoms with van der Waals surface area (Å²) in [7, 11) is 0. The van der Waals surface area contributed by atoms with E-state index in [1.165, 1.54) is 6.07 Å². The summed E-state index contributed by atoms with van der Waals surface area (Å²) in [5.41, 5.74) is 3.92. The average molecular weight is 929 g/mol. The monoisotopic (exact) mass is 929 g/mol. The van der Waals surface area contributed by atoms with Crippen LogP contribution in [-0.2, 0) is 34.0 Å². The van der Waals surface area contributed by atoms with Crippen molar-refractivity contribution < 1.29 is 55.1 Å². The predicted molar refractivity (Wildman–Crippen MR) is 264 cm³/mol. The van der Waals surface area contributed by atoms with Gasteiger partial charge in [0, 0.05) is 94.1 Å². The third kappa shape index (κ3) is 11.9. The van der Waals surface area contributed by atoms with Crippen LogP contribution in [0.4, 0.5) is 0 Å². The lowest BCUT2D eigenvalue weighted by Gasteiger charge is -2.32. The second-order valence-electron chi connectivity index (χ2n) is 20.5. The van der Waals surface area contributed by atoms with Crippen LogP contribution in [0.3, 0.4) is 0 Å². The highest BCUT2D eigenvalue weighted by Crippen LogP contribution is 2.55. The fourth-order valence-electron chi connectivity index (χ4n) is 10.00. The molecule has 4 atom stereocenters. The van der Waals surface area contributed by atoms with Gasteiger partial charge in [-0.3, -0.25) is 0 Å². The van der Waals surface area contributed by atoms with Gasteiger partial charge in [-0.1, -0.05) is 76.2 Å². The zero-order valence-corrected chi connectivity index (χ0v) is 42.0. The second kappa shape index (κ2) is 23.4. The number of phenols is 8. The largest absolute Gasteiger partial charge is 0.508 e. The van der Waals surface area contributed by atoms with Crippen LogP contribution in [-0.4, -0.2) is 60.7 Å². The van der Waals surface area contributed by atoms with Crippen molar-refractivity contribution >= 4 is 0 Å². The predicted octanol–water partition coefficient (Wildman–Crippen LogP) is 13.1. The summed E-state index contributed by atoms with van der Waals surface area (Å²) in [6, 6.07) is 8.45.